The molecule has 0 spiro atoms. The molecule has 2 aliphatic heterocycles. The lowest BCUT2D eigenvalue weighted by Crippen LogP contribution is -2.44. The summed E-state index contributed by atoms with van der Waals surface area (Å²) in [4.78, 5) is 26.0. The third-order valence-corrected chi connectivity index (χ3v) is 4.07. The van der Waals surface area contributed by atoms with Crippen molar-refractivity contribution in [3.8, 4) is 0 Å². The number of likely N-dealkylation sites (tertiary alicyclic amines) is 1. The quantitative estimate of drug-likeness (QED) is 0.751. The predicted molar refractivity (Wildman–Crippen MR) is 63.2 cm³/mol. The van der Waals surface area contributed by atoms with Gasteiger partial charge in [0.15, 0.2) is 0 Å². The Bertz CT molecular complexity index is 501. The molecule has 0 saturated carbocycles. The molecule has 0 N–H and O–H groups in total. The number of ether oxygens (including phenoxy) is 1. The minimum atomic E-state index is -0.404. The predicted octanol–water partition coefficient (Wildman–Crippen LogP) is 0.631. The monoisotopic (exact) mass is 267 g/mol. The number of hydrogen-bond donors (Lipinski definition) is 0. The number of amides is 1. The molecule has 2 fully saturated rings. The first-order valence-corrected chi connectivity index (χ1v) is 6.80. The van der Waals surface area contributed by atoms with E-state index in [1.54, 1.807) is 4.90 Å². The van der Waals surface area contributed by atoms with Gasteiger partial charge in [-0.05, 0) is 18.0 Å². The van der Waals surface area contributed by atoms with Crippen molar-refractivity contribution >= 4 is 23.4 Å². The zero-order valence-corrected chi connectivity index (χ0v) is 10.8. The highest BCUT2D eigenvalue weighted by molar-refractivity contribution is 7.08. The molecular weight excluding hydrogens is 254 g/mol. The SMILES string of the molecule is CCCc1nnsc1C(=O)N1C[C@H]2C[C@@H]1C(=O)O2. The molecule has 0 unspecified atom stereocenters. The molecule has 6 nitrogen and oxygen atoms in total. The van der Waals surface area contributed by atoms with E-state index in [9.17, 15) is 9.59 Å². The van der Waals surface area contributed by atoms with E-state index in [2.05, 4.69) is 9.59 Å². The summed E-state index contributed by atoms with van der Waals surface area (Å²) in [7, 11) is 0. The Morgan fingerprint density at radius 1 is 1.61 bits per heavy atom. The van der Waals surface area contributed by atoms with Gasteiger partial charge in [0.1, 0.15) is 17.0 Å². The molecule has 18 heavy (non-hydrogen) atoms. The summed E-state index contributed by atoms with van der Waals surface area (Å²) >= 11 is 1.11. The number of rotatable bonds is 3. The fourth-order valence-electron chi connectivity index (χ4n) is 2.48. The van der Waals surface area contributed by atoms with Crippen molar-refractivity contribution in [2.24, 2.45) is 0 Å². The molecule has 1 amide bonds. The molecule has 3 rings (SSSR count). The number of fused-ring (bicyclic) bond motifs is 2. The minimum absolute atomic E-state index is 0.123. The molecule has 2 saturated heterocycles. The van der Waals surface area contributed by atoms with E-state index in [0.717, 1.165) is 30.1 Å². The van der Waals surface area contributed by atoms with E-state index in [1.165, 1.54) is 0 Å². The lowest BCUT2D eigenvalue weighted by atomic mass is 10.2. The Morgan fingerprint density at radius 2 is 2.44 bits per heavy atom. The first-order chi connectivity index (χ1) is 8.70. The molecule has 1 aromatic heterocycles. The van der Waals surface area contributed by atoms with Gasteiger partial charge in [0.2, 0.25) is 0 Å². The van der Waals surface area contributed by atoms with Crippen molar-refractivity contribution in [1.82, 2.24) is 14.5 Å². The van der Waals surface area contributed by atoms with E-state index >= 15 is 0 Å². The van der Waals surface area contributed by atoms with E-state index < -0.39 is 6.04 Å². The van der Waals surface area contributed by atoms with Crippen LogP contribution in [0, 0.1) is 0 Å². The largest absolute Gasteiger partial charge is 0.459 e. The highest BCUT2D eigenvalue weighted by atomic mass is 32.1. The second-order valence-electron chi connectivity index (χ2n) is 4.57. The molecule has 2 atom stereocenters. The molecule has 1 aromatic rings. The van der Waals surface area contributed by atoms with Gasteiger partial charge in [-0.3, -0.25) is 4.79 Å². The number of aryl methyl sites for hydroxylation is 1. The van der Waals surface area contributed by atoms with E-state index in [1.807, 2.05) is 6.92 Å². The van der Waals surface area contributed by atoms with Gasteiger partial charge in [-0.15, -0.1) is 5.10 Å². The van der Waals surface area contributed by atoms with E-state index in [4.69, 9.17) is 4.74 Å². The van der Waals surface area contributed by atoms with Crippen molar-refractivity contribution < 1.29 is 14.3 Å². The van der Waals surface area contributed by atoms with Gasteiger partial charge in [-0.25, -0.2) is 4.79 Å². The van der Waals surface area contributed by atoms with Crippen LogP contribution in [0.4, 0.5) is 0 Å². The number of nitrogens with zero attached hydrogens (tertiary/aromatic N) is 3. The molecule has 2 aliphatic rings. The van der Waals surface area contributed by atoms with E-state index in [-0.39, 0.29) is 18.0 Å². The molecule has 3 heterocycles. The van der Waals surface area contributed by atoms with Crippen molar-refractivity contribution in [2.45, 2.75) is 38.3 Å². The number of esters is 1. The summed E-state index contributed by atoms with van der Waals surface area (Å²) in [6.45, 7) is 2.53. The van der Waals surface area contributed by atoms with Crippen LogP contribution in [0.25, 0.3) is 0 Å². The average Bonchev–Trinajstić information content (AvgIpc) is 3.02. The summed E-state index contributed by atoms with van der Waals surface area (Å²) in [5.74, 6) is -0.410. The Labute approximate surface area is 108 Å². The highest BCUT2D eigenvalue weighted by Gasteiger charge is 2.49. The third-order valence-electron chi connectivity index (χ3n) is 3.32. The van der Waals surface area contributed by atoms with Gasteiger partial charge < -0.3 is 9.64 Å². The molecule has 0 aromatic carbocycles. The van der Waals surface area contributed by atoms with Crippen LogP contribution >= 0.6 is 11.5 Å². The lowest BCUT2D eigenvalue weighted by Gasteiger charge is -2.25. The van der Waals surface area contributed by atoms with Gasteiger partial charge in [0.05, 0.1) is 12.2 Å². The Hall–Kier alpha value is -1.50. The first kappa shape index (κ1) is 11.6. The van der Waals surface area contributed by atoms with Gasteiger partial charge in [-0.1, -0.05) is 17.8 Å². The van der Waals surface area contributed by atoms with Crippen LogP contribution in [0.15, 0.2) is 0 Å². The topological polar surface area (TPSA) is 72.4 Å². The second-order valence-corrected chi connectivity index (χ2v) is 5.32. The zero-order valence-electron chi connectivity index (χ0n) is 9.96. The fraction of sp³-hybridized carbons (Fsp3) is 0.636. The molecule has 0 aliphatic carbocycles. The third kappa shape index (κ3) is 1.69. The van der Waals surface area contributed by atoms with Crippen molar-refractivity contribution in [1.29, 1.82) is 0 Å². The number of hydrogen-bond acceptors (Lipinski definition) is 6. The first-order valence-electron chi connectivity index (χ1n) is 6.03. The van der Waals surface area contributed by atoms with Crippen LogP contribution in [0.2, 0.25) is 0 Å². The molecule has 2 bridgehead atoms. The standard InChI is InChI=1S/C11H13N3O3S/c1-2-3-7-9(18-13-12-7)10(15)14-5-6-4-8(14)11(16)17-6/h6,8H,2-5H2,1H3/t6-,8-/m1/s1. The average molecular weight is 267 g/mol. The Balaban J connectivity index is 1.83. The highest BCUT2D eigenvalue weighted by Crippen LogP contribution is 2.31. The Kier molecular flexibility index (Phi) is 2.77. The Morgan fingerprint density at radius 3 is 3.11 bits per heavy atom. The summed E-state index contributed by atoms with van der Waals surface area (Å²) in [6.07, 6.45) is 2.16. The van der Waals surface area contributed by atoms with Crippen molar-refractivity contribution in [3.63, 3.8) is 0 Å². The van der Waals surface area contributed by atoms with Gasteiger partial charge in [0, 0.05) is 6.42 Å². The summed E-state index contributed by atoms with van der Waals surface area (Å²) in [5, 5.41) is 3.98. The van der Waals surface area contributed by atoms with Gasteiger partial charge in [-0.2, -0.15) is 0 Å². The van der Waals surface area contributed by atoms with Crippen LogP contribution in [0.5, 0.6) is 0 Å². The van der Waals surface area contributed by atoms with Crippen LogP contribution in [0.3, 0.4) is 0 Å². The molecular formula is C11H13N3O3S. The maximum atomic E-state index is 12.4. The van der Waals surface area contributed by atoms with E-state index in [0.29, 0.717) is 17.8 Å². The van der Waals surface area contributed by atoms with Crippen LogP contribution in [-0.4, -0.2) is 45.1 Å². The summed E-state index contributed by atoms with van der Waals surface area (Å²) in [5.41, 5.74) is 0.739. The van der Waals surface area contributed by atoms with Gasteiger partial charge >= 0.3 is 5.97 Å². The molecule has 0 radical (unpaired) electrons. The smallest absolute Gasteiger partial charge is 0.329 e. The van der Waals surface area contributed by atoms with Crippen LogP contribution in [0.1, 0.15) is 35.1 Å². The number of carbonyl (C=O) groups excluding carboxylic acids is 2. The minimum Gasteiger partial charge on any atom is -0.459 e. The van der Waals surface area contributed by atoms with Crippen molar-refractivity contribution in [3.05, 3.63) is 10.6 Å². The maximum Gasteiger partial charge on any atom is 0.329 e. The normalized spacial score (nSPS) is 25.6. The lowest BCUT2D eigenvalue weighted by molar-refractivity contribution is -0.149. The molecule has 96 valence electrons. The maximum absolute atomic E-state index is 12.4. The fourth-order valence-corrected chi connectivity index (χ4v) is 3.14. The van der Waals surface area contributed by atoms with Crippen LogP contribution < -0.4 is 0 Å². The van der Waals surface area contributed by atoms with Gasteiger partial charge in [0.25, 0.3) is 5.91 Å². The second kappa shape index (κ2) is 4.31. The number of carbonyl (C=O) groups is 2. The summed E-state index contributed by atoms with van der Waals surface area (Å²) < 4.78 is 8.92. The number of morpholine rings is 1. The van der Waals surface area contributed by atoms with Crippen molar-refractivity contribution in [2.75, 3.05) is 6.54 Å². The summed E-state index contributed by atoms with van der Waals surface area (Å²) in [6, 6.07) is -0.404. The molecule has 7 heteroatoms. The number of aromatic nitrogens is 2. The van der Waals surface area contributed by atoms with Crippen LogP contribution in [-0.2, 0) is 16.0 Å². The zero-order chi connectivity index (χ0) is 12.7.